The van der Waals surface area contributed by atoms with Gasteiger partial charge in [-0.25, -0.2) is 19.9 Å². The molecule has 0 aliphatic heterocycles. The second-order valence-electron chi connectivity index (χ2n) is 4.23. The highest BCUT2D eigenvalue weighted by molar-refractivity contribution is 7.99. The molecule has 0 unspecified atom stereocenters. The van der Waals surface area contributed by atoms with Crippen LogP contribution < -0.4 is 5.32 Å². The first kappa shape index (κ1) is 15.1. The van der Waals surface area contributed by atoms with E-state index in [1.807, 2.05) is 40.1 Å². The number of nitrogens with one attached hydrogen (secondary N) is 1. The maximum absolute atomic E-state index is 4.50. The fourth-order valence-electron chi connectivity index (χ4n) is 1.56. The van der Waals surface area contributed by atoms with E-state index in [-0.39, 0.29) is 0 Å². The maximum Gasteiger partial charge on any atom is 0.194 e. The van der Waals surface area contributed by atoms with Gasteiger partial charge in [0.05, 0.1) is 0 Å². The van der Waals surface area contributed by atoms with Crippen molar-refractivity contribution < 1.29 is 0 Å². The third kappa shape index (κ3) is 3.40. The van der Waals surface area contributed by atoms with Crippen LogP contribution in [0.5, 0.6) is 0 Å². The highest BCUT2D eigenvalue weighted by Crippen LogP contribution is 2.27. The molecular formula is C13H17N5S2. The lowest BCUT2D eigenvalue weighted by molar-refractivity contribution is 0.863. The number of thioether (sulfide) groups is 1. The van der Waals surface area contributed by atoms with Crippen LogP contribution in [0.3, 0.4) is 0 Å². The monoisotopic (exact) mass is 307 g/mol. The minimum absolute atomic E-state index is 0.721. The molecule has 2 heterocycles. The predicted molar refractivity (Wildman–Crippen MR) is 83.7 cm³/mol. The number of hydrogen-bond acceptors (Lipinski definition) is 7. The van der Waals surface area contributed by atoms with Gasteiger partial charge in [0, 0.05) is 24.5 Å². The minimum atomic E-state index is 0.721. The molecule has 0 aliphatic rings. The van der Waals surface area contributed by atoms with Crippen molar-refractivity contribution in [3.05, 3.63) is 23.0 Å². The Hall–Kier alpha value is -1.34. The first-order valence-corrected chi connectivity index (χ1v) is 8.18. The van der Waals surface area contributed by atoms with Crippen molar-refractivity contribution in [1.29, 1.82) is 0 Å². The fourth-order valence-corrected chi connectivity index (χ4v) is 2.85. The molecule has 2 aromatic heterocycles. The summed E-state index contributed by atoms with van der Waals surface area (Å²) in [6, 6.07) is 1.90. The predicted octanol–water partition coefficient (Wildman–Crippen LogP) is 3.11. The zero-order valence-electron chi connectivity index (χ0n) is 12.2. The Bertz CT molecular complexity index is 585. The van der Waals surface area contributed by atoms with Crippen LogP contribution in [-0.2, 0) is 0 Å². The van der Waals surface area contributed by atoms with Crippen molar-refractivity contribution in [3.63, 3.8) is 0 Å². The van der Waals surface area contributed by atoms with Gasteiger partial charge in [0.15, 0.2) is 10.3 Å². The smallest absolute Gasteiger partial charge is 0.194 e. The first-order chi connectivity index (χ1) is 9.53. The summed E-state index contributed by atoms with van der Waals surface area (Å²) in [5, 5.41) is 5.34. The molecule has 0 fully saturated rings. The van der Waals surface area contributed by atoms with Gasteiger partial charge in [-0.15, -0.1) is 0 Å². The van der Waals surface area contributed by atoms with Crippen molar-refractivity contribution in [2.24, 2.45) is 0 Å². The molecule has 2 rings (SSSR count). The van der Waals surface area contributed by atoms with Gasteiger partial charge in [0.2, 0.25) is 0 Å². The Balaban J connectivity index is 2.34. The third-order valence-electron chi connectivity index (χ3n) is 2.93. The summed E-state index contributed by atoms with van der Waals surface area (Å²) in [7, 11) is 1.84. The molecule has 0 spiro atoms. The second kappa shape index (κ2) is 6.41. The van der Waals surface area contributed by atoms with Gasteiger partial charge in [-0.2, -0.15) is 0 Å². The highest BCUT2D eigenvalue weighted by atomic mass is 32.2. The largest absolute Gasteiger partial charge is 0.373 e. The number of anilines is 1. The standard InChI is InChI=1S/C13H17N5S2/c1-7-8(2)15-13(16-9(7)3)20-11-6-10(14-4)17-12(18-11)19-5/h6H,1-5H3,(H,14,17,18). The molecule has 5 nitrogen and oxygen atoms in total. The van der Waals surface area contributed by atoms with Gasteiger partial charge in [0.1, 0.15) is 10.8 Å². The summed E-state index contributed by atoms with van der Waals surface area (Å²) < 4.78 is 0. The summed E-state index contributed by atoms with van der Waals surface area (Å²) >= 11 is 2.97. The van der Waals surface area contributed by atoms with Crippen molar-refractivity contribution >= 4 is 29.3 Å². The maximum atomic E-state index is 4.50. The molecule has 106 valence electrons. The second-order valence-corrected chi connectivity index (χ2v) is 5.99. The zero-order chi connectivity index (χ0) is 14.7. The number of rotatable bonds is 4. The summed E-state index contributed by atoms with van der Waals surface area (Å²) in [5.74, 6) is 0.799. The van der Waals surface area contributed by atoms with Crippen LogP contribution in [0.25, 0.3) is 0 Å². The van der Waals surface area contributed by atoms with Crippen LogP contribution >= 0.6 is 23.5 Å². The highest BCUT2D eigenvalue weighted by Gasteiger charge is 2.09. The quantitative estimate of drug-likeness (QED) is 0.529. The Morgan fingerprint density at radius 1 is 0.950 bits per heavy atom. The summed E-state index contributed by atoms with van der Waals surface area (Å²) in [5.41, 5.74) is 3.15. The van der Waals surface area contributed by atoms with E-state index in [4.69, 9.17) is 0 Å². The van der Waals surface area contributed by atoms with E-state index in [0.29, 0.717) is 0 Å². The van der Waals surface area contributed by atoms with E-state index in [0.717, 1.165) is 38.1 Å². The molecule has 7 heteroatoms. The fraction of sp³-hybridized carbons (Fsp3) is 0.385. The van der Waals surface area contributed by atoms with Crippen molar-refractivity contribution in [2.75, 3.05) is 18.6 Å². The number of nitrogens with zero attached hydrogens (tertiary/aromatic N) is 4. The Morgan fingerprint density at radius 2 is 1.60 bits per heavy atom. The average Bonchev–Trinajstić information content (AvgIpc) is 2.44. The van der Waals surface area contributed by atoms with E-state index >= 15 is 0 Å². The van der Waals surface area contributed by atoms with Crippen LogP contribution in [0.2, 0.25) is 0 Å². The zero-order valence-corrected chi connectivity index (χ0v) is 13.8. The lowest BCUT2D eigenvalue weighted by Crippen LogP contribution is -2.00. The van der Waals surface area contributed by atoms with Crippen LogP contribution in [0.15, 0.2) is 21.4 Å². The molecule has 1 N–H and O–H groups in total. The van der Waals surface area contributed by atoms with E-state index in [9.17, 15) is 0 Å². The lowest BCUT2D eigenvalue weighted by atomic mass is 10.2. The van der Waals surface area contributed by atoms with Gasteiger partial charge in [-0.05, 0) is 44.4 Å². The number of aryl methyl sites for hydroxylation is 2. The SMILES string of the molecule is CNc1cc(Sc2nc(C)c(C)c(C)n2)nc(SC)n1. The first-order valence-electron chi connectivity index (χ1n) is 6.14. The topological polar surface area (TPSA) is 63.6 Å². The van der Waals surface area contributed by atoms with Gasteiger partial charge < -0.3 is 5.32 Å². The minimum Gasteiger partial charge on any atom is -0.373 e. The molecule has 0 bridgehead atoms. The van der Waals surface area contributed by atoms with E-state index in [1.54, 1.807) is 0 Å². The summed E-state index contributed by atoms with van der Waals surface area (Å²) in [6.07, 6.45) is 1.96. The van der Waals surface area contributed by atoms with E-state index < -0.39 is 0 Å². The van der Waals surface area contributed by atoms with Crippen LogP contribution in [0, 0.1) is 20.8 Å². The van der Waals surface area contributed by atoms with Crippen molar-refractivity contribution in [3.8, 4) is 0 Å². The molecular weight excluding hydrogens is 290 g/mol. The Morgan fingerprint density at radius 3 is 2.15 bits per heavy atom. The average molecular weight is 307 g/mol. The number of aromatic nitrogens is 4. The number of hydrogen-bond donors (Lipinski definition) is 1. The molecule has 20 heavy (non-hydrogen) atoms. The van der Waals surface area contributed by atoms with Crippen LogP contribution in [0.1, 0.15) is 17.0 Å². The molecule has 0 aromatic carbocycles. The van der Waals surface area contributed by atoms with Crippen LogP contribution in [0.4, 0.5) is 5.82 Å². The molecule has 0 atom stereocenters. The van der Waals surface area contributed by atoms with Gasteiger partial charge in [-0.3, -0.25) is 0 Å². The summed E-state index contributed by atoms with van der Waals surface area (Å²) in [6.45, 7) is 6.04. The third-order valence-corrected chi connectivity index (χ3v) is 4.26. The summed E-state index contributed by atoms with van der Waals surface area (Å²) in [4.78, 5) is 17.8. The van der Waals surface area contributed by atoms with E-state index in [1.165, 1.54) is 23.5 Å². The Labute approximate surface area is 127 Å². The van der Waals surface area contributed by atoms with E-state index in [2.05, 4.69) is 25.3 Å². The molecule has 0 amide bonds. The normalized spacial score (nSPS) is 10.7. The molecule has 2 aromatic rings. The van der Waals surface area contributed by atoms with Crippen molar-refractivity contribution in [1.82, 2.24) is 19.9 Å². The van der Waals surface area contributed by atoms with Crippen LogP contribution in [-0.4, -0.2) is 33.2 Å². The molecule has 0 radical (unpaired) electrons. The molecule has 0 saturated heterocycles. The Kier molecular flexibility index (Phi) is 4.82. The van der Waals surface area contributed by atoms with Gasteiger partial charge in [0.25, 0.3) is 0 Å². The van der Waals surface area contributed by atoms with Crippen molar-refractivity contribution in [2.45, 2.75) is 36.1 Å². The van der Waals surface area contributed by atoms with Gasteiger partial charge in [-0.1, -0.05) is 11.8 Å². The molecule has 0 saturated carbocycles. The lowest BCUT2D eigenvalue weighted by Gasteiger charge is -2.08. The van der Waals surface area contributed by atoms with Gasteiger partial charge >= 0.3 is 0 Å². The molecule has 0 aliphatic carbocycles.